The molecule has 5 aromatic rings. The zero-order valence-corrected chi connectivity index (χ0v) is 21.9. The van der Waals surface area contributed by atoms with E-state index in [2.05, 4.69) is 43.1 Å². The standard InChI is InChI=1S/C31H26N6O3/c1-40-25-19-36-28(24-18-33-12-13-34-24)29-27(25)23(17-35-29)30(38)31(39)37-14-9-21(10-15-37)26(20-6-3-2-4-7-20)22-8-5-11-32-16-22/h2-8,11-13,16-19,35H,9-10,14-15H2,1H3. The van der Waals surface area contributed by atoms with Gasteiger partial charge in [-0.25, -0.2) is 4.98 Å². The molecule has 4 aromatic heterocycles. The fraction of sp³-hybridized carbons (Fsp3) is 0.161. The van der Waals surface area contributed by atoms with Crippen LogP contribution in [-0.4, -0.2) is 61.7 Å². The van der Waals surface area contributed by atoms with Crippen LogP contribution in [0.2, 0.25) is 0 Å². The number of piperidine rings is 1. The largest absolute Gasteiger partial charge is 0.494 e. The molecule has 0 spiro atoms. The number of aromatic nitrogens is 5. The third-order valence-corrected chi connectivity index (χ3v) is 7.16. The van der Waals surface area contributed by atoms with E-state index in [0.717, 1.165) is 16.7 Å². The van der Waals surface area contributed by atoms with Crippen LogP contribution in [0, 0.1) is 0 Å². The van der Waals surface area contributed by atoms with Crippen molar-refractivity contribution in [1.82, 2.24) is 29.8 Å². The predicted octanol–water partition coefficient (Wildman–Crippen LogP) is 4.73. The lowest BCUT2D eigenvalue weighted by Gasteiger charge is -2.29. The number of benzene rings is 1. The van der Waals surface area contributed by atoms with Crippen molar-refractivity contribution < 1.29 is 14.3 Å². The van der Waals surface area contributed by atoms with E-state index in [9.17, 15) is 9.59 Å². The van der Waals surface area contributed by atoms with Crippen molar-refractivity contribution in [1.29, 1.82) is 0 Å². The molecule has 1 saturated heterocycles. The lowest BCUT2D eigenvalue weighted by atomic mass is 9.89. The number of fused-ring (bicyclic) bond motifs is 1. The number of aromatic amines is 1. The summed E-state index contributed by atoms with van der Waals surface area (Å²) in [6.07, 6.45) is 12.8. The van der Waals surface area contributed by atoms with Crippen LogP contribution in [0.3, 0.4) is 0 Å². The fourth-order valence-corrected chi connectivity index (χ4v) is 5.25. The average Bonchev–Trinajstić information content (AvgIpc) is 3.47. The van der Waals surface area contributed by atoms with Crippen molar-refractivity contribution in [2.45, 2.75) is 12.8 Å². The Bertz CT molecular complexity index is 1660. The molecule has 0 atom stereocenters. The van der Waals surface area contributed by atoms with Crippen LogP contribution in [0.4, 0.5) is 0 Å². The topological polar surface area (TPSA) is 114 Å². The van der Waals surface area contributed by atoms with Crippen molar-refractivity contribution in [3.8, 4) is 17.1 Å². The van der Waals surface area contributed by atoms with E-state index in [0.29, 0.717) is 54.0 Å². The minimum Gasteiger partial charge on any atom is -0.494 e. The Morgan fingerprint density at radius 1 is 0.875 bits per heavy atom. The number of Topliss-reactive ketones (excluding diaryl/α,β-unsaturated/α-hetero) is 1. The number of nitrogens with zero attached hydrogens (tertiary/aromatic N) is 5. The number of hydrogen-bond acceptors (Lipinski definition) is 7. The summed E-state index contributed by atoms with van der Waals surface area (Å²) >= 11 is 0. The molecule has 6 rings (SSSR count). The molecule has 0 radical (unpaired) electrons. The number of ketones is 1. The lowest BCUT2D eigenvalue weighted by molar-refractivity contribution is -0.126. The number of nitrogens with one attached hydrogen (secondary N) is 1. The van der Waals surface area contributed by atoms with Crippen LogP contribution in [0.5, 0.6) is 5.75 Å². The zero-order chi connectivity index (χ0) is 27.5. The summed E-state index contributed by atoms with van der Waals surface area (Å²) < 4.78 is 5.51. The lowest BCUT2D eigenvalue weighted by Crippen LogP contribution is -2.40. The smallest absolute Gasteiger partial charge is 0.295 e. The van der Waals surface area contributed by atoms with Crippen LogP contribution in [0.25, 0.3) is 27.9 Å². The first-order valence-electron chi connectivity index (χ1n) is 13.0. The SMILES string of the molecule is COc1cnc(-c2cnccn2)c2[nH]cc(C(=O)C(=O)N3CCC(=C(c4ccccc4)c4cccnc4)CC3)c12. The molecule has 9 nitrogen and oxygen atoms in total. The van der Waals surface area contributed by atoms with Gasteiger partial charge >= 0.3 is 0 Å². The Morgan fingerprint density at radius 2 is 1.65 bits per heavy atom. The van der Waals surface area contributed by atoms with Gasteiger partial charge < -0.3 is 14.6 Å². The first-order valence-corrected chi connectivity index (χ1v) is 13.0. The van der Waals surface area contributed by atoms with E-state index in [4.69, 9.17) is 4.74 Å². The van der Waals surface area contributed by atoms with Gasteiger partial charge in [0.2, 0.25) is 0 Å². The molecule has 5 heterocycles. The van der Waals surface area contributed by atoms with Gasteiger partial charge in [-0.15, -0.1) is 0 Å². The highest BCUT2D eigenvalue weighted by molar-refractivity contribution is 6.45. The van der Waals surface area contributed by atoms with Gasteiger partial charge in [-0.3, -0.25) is 24.5 Å². The van der Waals surface area contributed by atoms with Crippen LogP contribution in [0.1, 0.15) is 34.3 Å². The van der Waals surface area contributed by atoms with Gasteiger partial charge in [0.1, 0.15) is 17.1 Å². The molecule has 0 saturated carbocycles. The second-order valence-corrected chi connectivity index (χ2v) is 9.43. The van der Waals surface area contributed by atoms with E-state index < -0.39 is 11.7 Å². The number of ether oxygens (including phenoxy) is 1. The van der Waals surface area contributed by atoms with Gasteiger partial charge in [0.05, 0.1) is 36.0 Å². The minimum absolute atomic E-state index is 0.242. The van der Waals surface area contributed by atoms with Gasteiger partial charge in [0.15, 0.2) is 0 Å². The number of rotatable bonds is 6. The number of pyridine rings is 2. The van der Waals surface area contributed by atoms with Gasteiger partial charge in [-0.2, -0.15) is 0 Å². The average molecular weight is 531 g/mol. The van der Waals surface area contributed by atoms with Crippen molar-refractivity contribution in [3.63, 3.8) is 0 Å². The Kier molecular flexibility index (Phi) is 6.84. The Morgan fingerprint density at radius 3 is 2.35 bits per heavy atom. The summed E-state index contributed by atoms with van der Waals surface area (Å²) in [5.41, 5.74) is 6.39. The zero-order valence-electron chi connectivity index (χ0n) is 21.9. The molecule has 1 amide bonds. The summed E-state index contributed by atoms with van der Waals surface area (Å²) in [7, 11) is 1.51. The van der Waals surface area contributed by atoms with Crippen LogP contribution < -0.4 is 4.74 Å². The van der Waals surface area contributed by atoms with Gasteiger partial charge in [-0.05, 0) is 30.0 Å². The highest BCUT2D eigenvalue weighted by atomic mass is 16.5. The Labute approximate surface area is 230 Å². The summed E-state index contributed by atoms with van der Waals surface area (Å²) in [4.78, 5) is 49.0. The maximum atomic E-state index is 13.6. The van der Waals surface area contributed by atoms with Crippen molar-refractivity contribution >= 4 is 28.2 Å². The second kappa shape index (κ2) is 10.9. The number of carbonyl (C=O) groups is 2. The molecule has 40 heavy (non-hydrogen) atoms. The number of H-pyrrole nitrogens is 1. The normalized spacial score (nSPS) is 13.3. The molecular weight excluding hydrogens is 504 g/mol. The summed E-state index contributed by atoms with van der Waals surface area (Å²) in [6, 6.07) is 14.2. The number of hydrogen-bond donors (Lipinski definition) is 1. The molecule has 9 heteroatoms. The molecule has 1 aliphatic heterocycles. The van der Waals surface area contributed by atoms with Crippen molar-refractivity contribution in [2.24, 2.45) is 0 Å². The van der Waals surface area contributed by atoms with Crippen molar-refractivity contribution in [3.05, 3.63) is 108 Å². The Balaban J connectivity index is 1.28. The van der Waals surface area contributed by atoms with Crippen LogP contribution >= 0.6 is 0 Å². The maximum Gasteiger partial charge on any atom is 0.295 e. The molecule has 1 aliphatic rings. The predicted molar refractivity (Wildman–Crippen MR) is 151 cm³/mol. The highest BCUT2D eigenvalue weighted by Gasteiger charge is 2.30. The van der Waals surface area contributed by atoms with Gasteiger partial charge in [0, 0.05) is 49.6 Å². The van der Waals surface area contributed by atoms with E-state index in [1.54, 1.807) is 35.9 Å². The van der Waals surface area contributed by atoms with Gasteiger partial charge in [0.25, 0.3) is 11.7 Å². The quantitative estimate of drug-likeness (QED) is 0.249. The third kappa shape index (κ3) is 4.62. The molecule has 1 N–H and O–H groups in total. The van der Waals surface area contributed by atoms with E-state index in [-0.39, 0.29) is 5.56 Å². The Hall–Kier alpha value is -5.18. The molecule has 198 valence electrons. The summed E-state index contributed by atoms with van der Waals surface area (Å²) in [5, 5.41) is 0.497. The summed E-state index contributed by atoms with van der Waals surface area (Å²) in [5.74, 6) is -0.737. The fourth-order valence-electron chi connectivity index (χ4n) is 5.25. The van der Waals surface area contributed by atoms with Crippen LogP contribution in [0.15, 0.2) is 91.4 Å². The maximum absolute atomic E-state index is 13.6. The third-order valence-electron chi connectivity index (χ3n) is 7.16. The van der Waals surface area contributed by atoms with Crippen molar-refractivity contribution in [2.75, 3.05) is 20.2 Å². The first-order chi connectivity index (χ1) is 19.7. The molecule has 1 fully saturated rings. The first kappa shape index (κ1) is 25.1. The molecule has 0 aliphatic carbocycles. The van der Waals surface area contributed by atoms with Crippen LogP contribution in [-0.2, 0) is 4.79 Å². The molecule has 0 unspecified atom stereocenters. The number of likely N-dealkylation sites (tertiary alicyclic amines) is 1. The molecular formula is C31H26N6O3. The number of amides is 1. The molecule has 1 aromatic carbocycles. The van der Waals surface area contributed by atoms with E-state index in [1.807, 2.05) is 30.5 Å². The number of carbonyl (C=O) groups excluding carboxylic acids is 2. The monoisotopic (exact) mass is 530 g/mol. The van der Waals surface area contributed by atoms with E-state index in [1.165, 1.54) is 18.9 Å². The second-order valence-electron chi connectivity index (χ2n) is 9.43. The van der Waals surface area contributed by atoms with Gasteiger partial charge in [-0.1, -0.05) is 42.0 Å². The number of methoxy groups -OCH3 is 1. The highest BCUT2D eigenvalue weighted by Crippen LogP contribution is 2.35. The van der Waals surface area contributed by atoms with E-state index >= 15 is 0 Å². The minimum atomic E-state index is -0.594. The molecule has 0 bridgehead atoms. The summed E-state index contributed by atoms with van der Waals surface area (Å²) in [6.45, 7) is 0.894.